The van der Waals surface area contributed by atoms with Crippen LogP contribution < -0.4 is 31.4 Å². The smallest absolute Gasteiger partial charge is 0.259 e. The van der Waals surface area contributed by atoms with Gasteiger partial charge < -0.3 is 30.6 Å². The van der Waals surface area contributed by atoms with Gasteiger partial charge in [-0.3, -0.25) is 23.9 Å². The van der Waals surface area contributed by atoms with Crippen LogP contribution in [0.25, 0.3) is 10.8 Å². The van der Waals surface area contributed by atoms with Crippen LogP contribution in [0.3, 0.4) is 0 Å². The highest BCUT2D eigenvalue weighted by molar-refractivity contribution is 6.04. The molecule has 0 atom stereocenters. The number of aromatic nitrogens is 3. The van der Waals surface area contributed by atoms with E-state index in [1.807, 2.05) is 0 Å². The van der Waals surface area contributed by atoms with Gasteiger partial charge in [-0.2, -0.15) is 0 Å². The monoisotopic (exact) mass is 511 g/mol. The Labute approximate surface area is 212 Å². The second-order valence-corrected chi connectivity index (χ2v) is 8.33. The lowest BCUT2D eigenvalue weighted by Gasteiger charge is -2.26. The number of pyridine rings is 1. The number of nitrogens with zero attached hydrogens (tertiary/aromatic N) is 4. The van der Waals surface area contributed by atoms with Crippen molar-refractivity contribution in [3.8, 4) is 11.5 Å². The zero-order valence-corrected chi connectivity index (χ0v) is 20.7. The van der Waals surface area contributed by atoms with Crippen LogP contribution in [-0.4, -0.2) is 84.4 Å². The van der Waals surface area contributed by atoms with Crippen molar-refractivity contribution in [3.63, 3.8) is 0 Å². The van der Waals surface area contributed by atoms with Crippen molar-refractivity contribution < 1.29 is 23.8 Å². The number of rotatable bonds is 9. The van der Waals surface area contributed by atoms with E-state index in [-0.39, 0.29) is 46.9 Å². The fourth-order valence-corrected chi connectivity index (χ4v) is 3.89. The number of fused-ring (bicyclic) bond motifs is 1. The van der Waals surface area contributed by atoms with Crippen molar-refractivity contribution in [1.82, 2.24) is 24.8 Å². The first-order valence-electron chi connectivity index (χ1n) is 11.7. The highest BCUT2D eigenvalue weighted by Crippen LogP contribution is 2.35. The number of anilines is 2. The average Bonchev–Trinajstić information content (AvgIpc) is 2.91. The molecule has 4 rings (SSSR count). The number of ether oxygens (including phenoxy) is 3. The molecule has 0 spiro atoms. The minimum Gasteiger partial charge on any atom is -0.492 e. The SMILES string of the molecule is COc1c(OCC(=O)NCCN2CCOCC2)ccc2c(=O)n(C)c(NC(=O)c3cnc(N)nc3)cc12. The highest BCUT2D eigenvalue weighted by Gasteiger charge is 2.18. The van der Waals surface area contributed by atoms with Crippen LogP contribution in [0.1, 0.15) is 10.4 Å². The van der Waals surface area contributed by atoms with Crippen molar-refractivity contribution in [1.29, 1.82) is 0 Å². The Kier molecular flexibility index (Phi) is 8.15. The maximum atomic E-state index is 13.0. The van der Waals surface area contributed by atoms with E-state index in [4.69, 9.17) is 19.9 Å². The second-order valence-electron chi connectivity index (χ2n) is 8.33. The third-order valence-electron chi connectivity index (χ3n) is 5.93. The van der Waals surface area contributed by atoms with Gasteiger partial charge in [-0.1, -0.05) is 0 Å². The van der Waals surface area contributed by atoms with E-state index in [0.717, 1.165) is 19.6 Å². The molecular formula is C24H29N7O6. The zero-order chi connectivity index (χ0) is 26.4. The van der Waals surface area contributed by atoms with Crippen LogP contribution in [0.4, 0.5) is 11.8 Å². The first kappa shape index (κ1) is 25.9. The molecule has 13 heteroatoms. The van der Waals surface area contributed by atoms with Crippen molar-refractivity contribution in [2.24, 2.45) is 7.05 Å². The van der Waals surface area contributed by atoms with E-state index in [1.54, 1.807) is 18.2 Å². The Morgan fingerprint density at radius 1 is 1.16 bits per heavy atom. The molecule has 196 valence electrons. The lowest BCUT2D eigenvalue weighted by atomic mass is 10.1. The predicted octanol–water partition coefficient (Wildman–Crippen LogP) is -0.00120. The molecule has 1 aromatic carbocycles. The van der Waals surface area contributed by atoms with Gasteiger partial charge in [-0.15, -0.1) is 0 Å². The van der Waals surface area contributed by atoms with Crippen molar-refractivity contribution in [2.45, 2.75) is 0 Å². The number of carbonyl (C=O) groups is 2. The van der Waals surface area contributed by atoms with Gasteiger partial charge in [-0.25, -0.2) is 9.97 Å². The van der Waals surface area contributed by atoms with Crippen LogP contribution in [0.2, 0.25) is 0 Å². The molecule has 0 bridgehead atoms. The van der Waals surface area contributed by atoms with E-state index in [2.05, 4.69) is 25.5 Å². The number of benzene rings is 1. The average molecular weight is 512 g/mol. The van der Waals surface area contributed by atoms with Gasteiger partial charge in [0.2, 0.25) is 5.95 Å². The molecule has 2 aromatic heterocycles. The Morgan fingerprint density at radius 3 is 2.59 bits per heavy atom. The molecule has 1 aliphatic rings. The molecule has 0 saturated carbocycles. The summed E-state index contributed by atoms with van der Waals surface area (Å²) in [4.78, 5) is 47.8. The molecule has 1 saturated heterocycles. The topological polar surface area (TPSA) is 163 Å². The van der Waals surface area contributed by atoms with Gasteiger partial charge in [-0.05, 0) is 18.2 Å². The van der Waals surface area contributed by atoms with Gasteiger partial charge in [0.1, 0.15) is 5.82 Å². The highest BCUT2D eigenvalue weighted by atomic mass is 16.5. The summed E-state index contributed by atoms with van der Waals surface area (Å²) >= 11 is 0. The van der Waals surface area contributed by atoms with Crippen molar-refractivity contribution in [2.75, 3.05) is 64.2 Å². The van der Waals surface area contributed by atoms with Gasteiger partial charge in [0, 0.05) is 51.0 Å². The predicted molar refractivity (Wildman–Crippen MR) is 136 cm³/mol. The Balaban J connectivity index is 1.48. The van der Waals surface area contributed by atoms with Crippen LogP contribution in [-0.2, 0) is 16.6 Å². The largest absolute Gasteiger partial charge is 0.492 e. The van der Waals surface area contributed by atoms with Crippen LogP contribution in [0.15, 0.2) is 35.4 Å². The van der Waals surface area contributed by atoms with E-state index >= 15 is 0 Å². The normalized spacial score (nSPS) is 13.8. The third kappa shape index (κ3) is 6.13. The van der Waals surface area contributed by atoms with Gasteiger partial charge in [0.05, 0.1) is 31.3 Å². The van der Waals surface area contributed by atoms with Crippen LogP contribution >= 0.6 is 0 Å². The number of hydrogen-bond donors (Lipinski definition) is 3. The van der Waals surface area contributed by atoms with E-state index in [0.29, 0.717) is 30.5 Å². The van der Waals surface area contributed by atoms with E-state index in [9.17, 15) is 14.4 Å². The molecule has 1 fully saturated rings. The number of carbonyl (C=O) groups excluding carboxylic acids is 2. The number of morpholine rings is 1. The second kappa shape index (κ2) is 11.7. The molecule has 2 amide bonds. The van der Waals surface area contributed by atoms with E-state index < -0.39 is 5.91 Å². The summed E-state index contributed by atoms with van der Waals surface area (Å²) in [5.74, 6) is 0.0132. The lowest BCUT2D eigenvalue weighted by Crippen LogP contribution is -2.42. The van der Waals surface area contributed by atoms with Crippen LogP contribution in [0, 0.1) is 0 Å². The fraction of sp³-hybridized carbons (Fsp3) is 0.375. The number of nitrogen functional groups attached to an aromatic ring is 1. The number of nitrogens with one attached hydrogen (secondary N) is 2. The summed E-state index contributed by atoms with van der Waals surface area (Å²) in [6.07, 6.45) is 2.57. The molecule has 0 radical (unpaired) electrons. The zero-order valence-electron chi connectivity index (χ0n) is 20.7. The maximum absolute atomic E-state index is 13.0. The molecule has 4 N–H and O–H groups in total. The van der Waals surface area contributed by atoms with Crippen LogP contribution in [0.5, 0.6) is 11.5 Å². The first-order valence-corrected chi connectivity index (χ1v) is 11.7. The third-order valence-corrected chi connectivity index (χ3v) is 5.93. The number of amides is 2. The number of methoxy groups -OCH3 is 1. The molecule has 1 aliphatic heterocycles. The van der Waals surface area contributed by atoms with Gasteiger partial charge in [0.15, 0.2) is 18.1 Å². The number of nitrogens with two attached hydrogens (primary N) is 1. The number of hydrogen-bond acceptors (Lipinski definition) is 10. The Morgan fingerprint density at radius 2 is 1.89 bits per heavy atom. The minimum absolute atomic E-state index is 0.0395. The standard InChI is InChI=1S/C24H29N7O6/c1-30-19(29-22(33)15-12-27-24(25)28-13-15)11-17-16(23(30)34)3-4-18(21(17)35-2)37-14-20(32)26-5-6-31-7-9-36-10-8-31/h3-4,11-13H,5-10,14H2,1-2H3,(H,26,32)(H,29,33)(H2,25,27,28). The fourth-order valence-electron chi connectivity index (χ4n) is 3.89. The minimum atomic E-state index is -0.519. The summed E-state index contributed by atoms with van der Waals surface area (Å²) in [6.45, 7) is 4.08. The van der Waals surface area contributed by atoms with Crippen molar-refractivity contribution in [3.05, 3.63) is 46.5 Å². The van der Waals surface area contributed by atoms with E-state index in [1.165, 1.54) is 31.1 Å². The quantitative estimate of drug-likeness (QED) is 0.356. The molecule has 13 nitrogen and oxygen atoms in total. The Bertz CT molecular complexity index is 1340. The molecule has 3 aromatic rings. The summed E-state index contributed by atoms with van der Waals surface area (Å²) in [6, 6.07) is 4.76. The van der Waals surface area contributed by atoms with Gasteiger partial charge in [0.25, 0.3) is 17.4 Å². The molecule has 37 heavy (non-hydrogen) atoms. The molecule has 0 aliphatic carbocycles. The summed E-state index contributed by atoms with van der Waals surface area (Å²) in [5, 5.41) is 6.29. The summed E-state index contributed by atoms with van der Waals surface area (Å²) in [7, 11) is 2.97. The molecule has 0 unspecified atom stereocenters. The molecular weight excluding hydrogens is 482 g/mol. The molecule has 3 heterocycles. The summed E-state index contributed by atoms with van der Waals surface area (Å²) < 4.78 is 17.9. The van der Waals surface area contributed by atoms with Gasteiger partial charge >= 0.3 is 0 Å². The lowest BCUT2D eigenvalue weighted by molar-refractivity contribution is -0.123. The van der Waals surface area contributed by atoms with Crippen molar-refractivity contribution >= 4 is 34.4 Å². The maximum Gasteiger partial charge on any atom is 0.259 e. The first-order chi connectivity index (χ1) is 17.9. The summed E-state index contributed by atoms with van der Waals surface area (Å²) in [5.41, 5.74) is 5.29. The Hall–Kier alpha value is -4.23.